The topological polar surface area (TPSA) is 85.3 Å². The van der Waals surface area contributed by atoms with Gasteiger partial charge in [0.2, 0.25) is 5.91 Å². The maximum atomic E-state index is 11.8. The van der Waals surface area contributed by atoms with E-state index in [-0.39, 0.29) is 18.6 Å². The van der Waals surface area contributed by atoms with Gasteiger partial charge in [-0.1, -0.05) is 12.1 Å². The van der Waals surface area contributed by atoms with Crippen LogP contribution in [0.5, 0.6) is 11.5 Å². The predicted molar refractivity (Wildman–Crippen MR) is 72.4 cm³/mol. The fourth-order valence-electron chi connectivity index (χ4n) is 1.90. The van der Waals surface area contributed by atoms with Crippen LogP contribution < -0.4 is 9.47 Å². The van der Waals surface area contributed by atoms with Crippen LogP contribution in [0.1, 0.15) is 0 Å². The number of hydrogen-bond acceptors (Lipinski definition) is 5. The number of para-hydroxylation sites is 2. The van der Waals surface area contributed by atoms with Crippen LogP contribution in [0, 0.1) is 0 Å². The van der Waals surface area contributed by atoms with Crippen molar-refractivity contribution in [2.75, 3.05) is 33.4 Å². The van der Waals surface area contributed by atoms with Gasteiger partial charge in [-0.25, -0.2) is 4.79 Å². The second-order valence-corrected chi connectivity index (χ2v) is 4.66. The Morgan fingerprint density at radius 3 is 2.76 bits per heavy atom. The predicted octanol–water partition coefficient (Wildman–Crippen LogP) is 0.386. The van der Waals surface area contributed by atoms with Gasteiger partial charge in [0.25, 0.3) is 0 Å². The smallest absolute Gasteiger partial charge is 0.329 e. The molecule has 7 nitrogen and oxygen atoms in total. The molecule has 0 fully saturated rings. The maximum absolute atomic E-state index is 11.8. The third kappa shape index (κ3) is 4.35. The van der Waals surface area contributed by atoms with Crippen molar-refractivity contribution in [3.05, 3.63) is 24.3 Å². The number of carboxylic acid groups (broad SMARTS) is 1. The van der Waals surface area contributed by atoms with E-state index in [2.05, 4.69) is 0 Å². The molecule has 7 heteroatoms. The molecular formula is C14H17NO6. The van der Waals surface area contributed by atoms with Crippen LogP contribution in [-0.4, -0.2) is 61.4 Å². The Balaban J connectivity index is 1.79. The van der Waals surface area contributed by atoms with E-state index in [1.165, 1.54) is 4.90 Å². The van der Waals surface area contributed by atoms with Gasteiger partial charge in [0.1, 0.15) is 19.8 Å². The van der Waals surface area contributed by atoms with Crippen LogP contribution in [0.25, 0.3) is 0 Å². The molecule has 1 amide bonds. The lowest BCUT2D eigenvalue weighted by atomic mass is 10.2. The first-order valence-electron chi connectivity index (χ1n) is 6.48. The fourth-order valence-corrected chi connectivity index (χ4v) is 1.90. The highest BCUT2D eigenvalue weighted by atomic mass is 16.6. The maximum Gasteiger partial charge on any atom is 0.329 e. The first-order valence-corrected chi connectivity index (χ1v) is 6.48. The second kappa shape index (κ2) is 6.94. The summed E-state index contributed by atoms with van der Waals surface area (Å²) in [6.45, 7) is -0.0722. The Morgan fingerprint density at radius 2 is 2.05 bits per heavy atom. The summed E-state index contributed by atoms with van der Waals surface area (Å²) >= 11 is 0. The average molecular weight is 295 g/mol. The number of likely N-dealkylation sites (N-methyl/N-ethyl adjacent to an activating group) is 1. The van der Waals surface area contributed by atoms with Gasteiger partial charge in [0.05, 0.1) is 6.54 Å². The van der Waals surface area contributed by atoms with Crippen molar-refractivity contribution in [3.63, 3.8) is 0 Å². The lowest BCUT2D eigenvalue weighted by Gasteiger charge is -2.29. The number of rotatable bonds is 6. The molecule has 0 radical (unpaired) electrons. The summed E-state index contributed by atoms with van der Waals surface area (Å²) in [5, 5.41) is 8.43. The third-order valence-electron chi connectivity index (χ3n) is 2.92. The molecule has 0 aliphatic carbocycles. The quantitative estimate of drug-likeness (QED) is 0.817. The summed E-state index contributed by atoms with van der Waals surface area (Å²) in [6, 6.07) is 7.33. The number of carboxylic acids is 1. The number of aliphatic carboxylic acids is 1. The van der Waals surface area contributed by atoms with E-state index in [1.54, 1.807) is 13.1 Å². The third-order valence-corrected chi connectivity index (χ3v) is 2.92. The number of benzene rings is 1. The number of nitrogens with zero attached hydrogens (tertiary/aromatic N) is 1. The van der Waals surface area contributed by atoms with E-state index in [0.29, 0.717) is 24.7 Å². The molecule has 0 aromatic heterocycles. The zero-order chi connectivity index (χ0) is 15.2. The van der Waals surface area contributed by atoms with E-state index in [4.69, 9.17) is 19.3 Å². The van der Waals surface area contributed by atoms with Crippen molar-refractivity contribution in [2.45, 2.75) is 6.10 Å². The molecule has 114 valence electrons. The number of carbonyl (C=O) groups is 2. The summed E-state index contributed by atoms with van der Waals surface area (Å²) in [5.41, 5.74) is 0. The van der Waals surface area contributed by atoms with Crippen molar-refractivity contribution in [2.24, 2.45) is 0 Å². The number of hydrogen-bond donors (Lipinski definition) is 1. The average Bonchev–Trinajstić information content (AvgIpc) is 2.46. The van der Waals surface area contributed by atoms with Crippen LogP contribution >= 0.6 is 0 Å². The van der Waals surface area contributed by atoms with Gasteiger partial charge >= 0.3 is 5.97 Å². The van der Waals surface area contributed by atoms with Crippen LogP contribution in [0.15, 0.2) is 24.3 Å². The summed E-state index contributed by atoms with van der Waals surface area (Å²) in [6.07, 6.45) is -0.270. The van der Waals surface area contributed by atoms with Crippen LogP contribution in [0.4, 0.5) is 0 Å². The Kier molecular flexibility index (Phi) is 4.99. The summed E-state index contributed by atoms with van der Waals surface area (Å²) < 4.78 is 16.1. The molecule has 1 aromatic carbocycles. The zero-order valence-corrected chi connectivity index (χ0v) is 11.7. The normalized spacial score (nSPS) is 16.3. The van der Waals surface area contributed by atoms with Gasteiger partial charge in [-0.2, -0.15) is 0 Å². The Hall–Kier alpha value is -2.28. The van der Waals surface area contributed by atoms with E-state index >= 15 is 0 Å². The van der Waals surface area contributed by atoms with Crippen molar-refractivity contribution in [3.8, 4) is 11.5 Å². The molecular weight excluding hydrogens is 278 g/mol. The van der Waals surface area contributed by atoms with Crippen LogP contribution in [-0.2, 0) is 14.3 Å². The number of ether oxygens (including phenoxy) is 3. The molecule has 1 heterocycles. The minimum absolute atomic E-state index is 0.270. The Morgan fingerprint density at radius 1 is 1.33 bits per heavy atom. The minimum Gasteiger partial charge on any atom is -0.486 e. The lowest BCUT2D eigenvalue weighted by Crippen LogP contribution is -2.43. The van der Waals surface area contributed by atoms with Gasteiger partial charge in [-0.05, 0) is 12.1 Å². The summed E-state index contributed by atoms with van der Waals surface area (Å²) in [4.78, 5) is 23.5. The molecule has 0 saturated carbocycles. The molecule has 21 heavy (non-hydrogen) atoms. The van der Waals surface area contributed by atoms with Gasteiger partial charge in [-0.3, -0.25) is 4.79 Å². The second-order valence-electron chi connectivity index (χ2n) is 4.66. The highest BCUT2D eigenvalue weighted by Gasteiger charge is 2.23. The number of amides is 1. The summed E-state index contributed by atoms with van der Waals surface area (Å²) in [5.74, 6) is -0.0750. The van der Waals surface area contributed by atoms with Crippen molar-refractivity contribution >= 4 is 11.9 Å². The number of carbonyl (C=O) groups excluding carboxylic acids is 1. The lowest BCUT2D eigenvalue weighted by molar-refractivity contribution is -0.145. The van der Waals surface area contributed by atoms with E-state index in [1.807, 2.05) is 18.2 Å². The molecule has 1 aromatic rings. The van der Waals surface area contributed by atoms with E-state index < -0.39 is 12.6 Å². The Labute approximate surface area is 122 Å². The standard InChI is InChI=1S/C14H17NO6/c1-15(13(16)8-19-9-14(17)18)6-10-7-20-11-4-2-3-5-12(11)21-10/h2-5,10H,6-9H2,1H3,(H,17,18). The molecule has 1 unspecified atom stereocenters. The van der Waals surface area contributed by atoms with Crippen LogP contribution in [0.3, 0.4) is 0 Å². The molecule has 0 saturated heterocycles. The van der Waals surface area contributed by atoms with Crippen molar-refractivity contribution in [1.29, 1.82) is 0 Å². The highest BCUT2D eigenvalue weighted by molar-refractivity contribution is 5.77. The largest absolute Gasteiger partial charge is 0.486 e. The molecule has 1 atom stereocenters. The van der Waals surface area contributed by atoms with Crippen LogP contribution in [0.2, 0.25) is 0 Å². The molecule has 1 aliphatic heterocycles. The first kappa shape index (κ1) is 15.1. The molecule has 0 bridgehead atoms. The van der Waals surface area contributed by atoms with Gasteiger partial charge < -0.3 is 24.2 Å². The first-order chi connectivity index (χ1) is 10.1. The van der Waals surface area contributed by atoms with Crippen molar-refractivity contribution < 1.29 is 28.9 Å². The molecule has 1 aliphatic rings. The molecule has 2 rings (SSSR count). The number of fused-ring (bicyclic) bond motifs is 1. The molecule has 1 N–H and O–H groups in total. The minimum atomic E-state index is -1.11. The monoisotopic (exact) mass is 295 g/mol. The highest BCUT2D eigenvalue weighted by Crippen LogP contribution is 2.30. The van der Waals surface area contributed by atoms with E-state index in [0.717, 1.165) is 0 Å². The van der Waals surface area contributed by atoms with Gasteiger partial charge in [-0.15, -0.1) is 0 Å². The van der Waals surface area contributed by atoms with E-state index in [9.17, 15) is 9.59 Å². The molecule has 0 spiro atoms. The zero-order valence-electron chi connectivity index (χ0n) is 11.7. The Bertz CT molecular complexity index is 518. The fraction of sp³-hybridized carbons (Fsp3) is 0.429. The summed E-state index contributed by atoms with van der Waals surface area (Å²) in [7, 11) is 1.61. The van der Waals surface area contributed by atoms with Gasteiger partial charge in [0.15, 0.2) is 17.6 Å². The SMILES string of the molecule is CN(CC1COc2ccccc2O1)C(=O)COCC(=O)O. The van der Waals surface area contributed by atoms with Gasteiger partial charge in [0, 0.05) is 7.05 Å². The van der Waals surface area contributed by atoms with Crippen molar-refractivity contribution in [1.82, 2.24) is 4.90 Å².